The minimum absolute atomic E-state index is 0.0503. The van der Waals surface area contributed by atoms with Crippen LogP contribution in [0.1, 0.15) is 60.8 Å². The van der Waals surface area contributed by atoms with E-state index in [0.29, 0.717) is 25.8 Å². The zero-order valence-corrected chi connectivity index (χ0v) is 28.5. The number of guanidine groups is 1. The molecule has 0 saturated heterocycles. The van der Waals surface area contributed by atoms with Gasteiger partial charge in [0.05, 0.1) is 12.1 Å². The first-order valence-corrected chi connectivity index (χ1v) is 16.7. The molecule has 3 rings (SSSR count). The summed E-state index contributed by atoms with van der Waals surface area (Å²) in [6, 6.07) is 15.0. The molecular formula is C37H51N7O5. The van der Waals surface area contributed by atoms with Gasteiger partial charge in [-0.25, -0.2) is 0 Å². The Bertz CT molecular complexity index is 1620. The third-order valence-electron chi connectivity index (χ3n) is 8.93. The molecule has 0 aliphatic rings. The number of rotatable bonds is 20. The molecule has 0 fully saturated rings. The SMILES string of the molecule is Cc1cc(O)cc(C)c1C[C@H](CC(=O)[C@H](N)CCCN=C(N)N)C(=O)N[C@@H](CCCN)C(=O)C[C@@H](Cc1cccc2ccccc12)C(N)=O. The largest absolute Gasteiger partial charge is 0.508 e. The van der Waals surface area contributed by atoms with Crippen molar-refractivity contribution in [1.82, 2.24) is 5.32 Å². The number of hydrogen-bond acceptors (Lipinski definition) is 8. The zero-order valence-electron chi connectivity index (χ0n) is 28.5. The van der Waals surface area contributed by atoms with Crippen molar-refractivity contribution in [3.63, 3.8) is 0 Å². The van der Waals surface area contributed by atoms with Gasteiger partial charge in [-0.15, -0.1) is 0 Å². The number of phenolic OH excluding ortho intramolecular Hbond substituents is 1. The van der Waals surface area contributed by atoms with E-state index in [0.717, 1.165) is 33.0 Å². The van der Waals surface area contributed by atoms with Gasteiger partial charge in [-0.05, 0) is 104 Å². The quantitative estimate of drug-likeness (QED) is 0.0527. The number of nitrogens with one attached hydrogen (secondary N) is 1. The Morgan fingerprint density at radius 3 is 2.14 bits per heavy atom. The summed E-state index contributed by atoms with van der Waals surface area (Å²) in [5.41, 5.74) is 31.8. The zero-order chi connectivity index (χ0) is 36.1. The summed E-state index contributed by atoms with van der Waals surface area (Å²) in [5, 5.41) is 14.9. The first kappa shape index (κ1) is 38.6. The lowest BCUT2D eigenvalue weighted by atomic mass is 9.86. The number of carbonyl (C=O) groups is 4. The lowest BCUT2D eigenvalue weighted by molar-refractivity contribution is -0.133. The van der Waals surface area contributed by atoms with Crippen LogP contribution in [0.4, 0.5) is 0 Å². The molecule has 12 nitrogen and oxygen atoms in total. The second-order valence-electron chi connectivity index (χ2n) is 12.8. The molecule has 12 heteroatoms. The molecule has 12 N–H and O–H groups in total. The Kier molecular flexibility index (Phi) is 14.7. The lowest BCUT2D eigenvalue weighted by Gasteiger charge is -2.25. The maximum Gasteiger partial charge on any atom is 0.224 e. The van der Waals surface area contributed by atoms with Gasteiger partial charge in [-0.2, -0.15) is 0 Å². The third kappa shape index (κ3) is 11.7. The predicted octanol–water partition coefficient (Wildman–Crippen LogP) is 2.19. The van der Waals surface area contributed by atoms with Crippen molar-refractivity contribution < 1.29 is 24.3 Å². The average Bonchev–Trinajstić information content (AvgIpc) is 3.05. The lowest BCUT2D eigenvalue weighted by Crippen LogP contribution is -2.46. The van der Waals surface area contributed by atoms with Gasteiger partial charge >= 0.3 is 0 Å². The summed E-state index contributed by atoms with van der Waals surface area (Å²) < 4.78 is 0. The molecule has 3 aromatic rings. The maximum absolute atomic E-state index is 14.0. The normalized spacial score (nSPS) is 13.6. The molecule has 49 heavy (non-hydrogen) atoms. The van der Waals surface area contributed by atoms with Crippen LogP contribution < -0.4 is 34.0 Å². The smallest absolute Gasteiger partial charge is 0.224 e. The van der Waals surface area contributed by atoms with Crippen LogP contribution >= 0.6 is 0 Å². The number of carbonyl (C=O) groups excluding carboxylic acids is 4. The number of phenols is 1. The average molecular weight is 674 g/mol. The van der Waals surface area contributed by atoms with E-state index in [1.807, 2.05) is 56.3 Å². The van der Waals surface area contributed by atoms with Gasteiger partial charge in [-0.3, -0.25) is 24.2 Å². The fraction of sp³-hybridized carbons (Fsp3) is 0.432. The fourth-order valence-corrected chi connectivity index (χ4v) is 6.19. The van der Waals surface area contributed by atoms with Crippen LogP contribution in [-0.2, 0) is 32.0 Å². The van der Waals surface area contributed by atoms with Crippen LogP contribution in [0.3, 0.4) is 0 Å². The Balaban J connectivity index is 1.83. The molecule has 0 unspecified atom stereocenters. The van der Waals surface area contributed by atoms with Crippen molar-refractivity contribution in [3.05, 3.63) is 76.9 Å². The van der Waals surface area contributed by atoms with Gasteiger partial charge in [0.2, 0.25) is 11.8 Å². The Morgan fingerprint density at radius 2 is 1.49 bits per heavy atom. The molecule has 3 aromatic carbocycles. The summed E-state index contributed by atoms with van der Waals surface area (Å²) in [5.74, 6) is -3.38. The van der Waals surface area contributed by atoms with Crippen LogP contribution in [0.15, 0.2) is 59.6 Å². The summed E-state index contributed by atoms with van der Waals surface area (Å²) in [7, 11) is 0. The highest BCUT2D eigenvalue weighted by atomic mass is 16.3. The van der Waals surface area contributed by atoms with Crippen molar-refractivity contribution in [2.75, 3.05) is 13.1 Å². The Morgan fingerprint density at radius 1 is 0.837 bits per heavy atom. The summed E-state index contributed by atoms with van der Waals surface area (Å²) >= 11 is 0. The molecule has 0 heterocycles. The number of fused-ring (bicyclic) bond motifs is 1. The van der Waals surface area contributed by atoms with Crippen molar-refractivity contribution >= 4 is 40.1 Å². The van der Waals surface area contributed by atoms with E-state index >= 15 is 0 Å². The Hall–Kier alpha value is -4.81. The monoisotopic (exact) mass is 673 g/mol. The van der Waals surface area contributed by atoms with E-state index in [1.54, 1.807) is 12.1 Å². The molecule has 0 radical (unpaired) electrons. The molecule has 0 aromatic heterocycles. The van der Waals surface area contributed by atoms with Crippen LogP contribution in [-0.4, -0.2) is 59.6 Å². The van der Waals surface area contributed by atoms with E-state index in [2.05, 4.69) is 10.3 Å². The highest BCUT2D eigenvalue weighted by Crippen LogP contribution is 2.26. The number of primary amides is 1. The van der Waals surface area contributed by atoms with Crippen LogP contribution in [0.2, 0.25) is 0 Å². The minimum atomic E-state index is -0.946. The molecule has 0 saturated carbocycles. The number of amides is 2. The number of hydrogen-bond donors (Lipinski definition) is 7. The maximum atomic E-state index is 14.0. The highest BCUT2D eigenvalue weighted by molar-refractivity contribution is 5.95. The van der Waals surface area contributed by atoms with E-state index < -0.39 is 35.7 Å². The molecule has 0 aliphatic heterocycles. The van der Waals surface area contributed by atoms with Gasteiger partial charge in [0.15, 0.2) is 11.7 Å². The summed E-state index contributed by atoms with van der Waals surface area (Å²) in [6.07, 6.45) is 1.60. The molecular weight excluding hydrogens is 622 g/mol. The number of ketones is 2. The van der Waals surface area contributed by atoms with Crippen molar-refractivity contribution in [2.45, 2.75) is 77.3 Å². The number of benzene rings is 3. The fourth-order valence-electron chi connectivity index (χ4n) is 6.19. The molecule has 2 amide bonds. The van der Waals surface area contributed by atoms with Crippen LogP contribution in [0.25, 0.3) is 10.8 Å². The second-order valence-corrected chi connectivity index (χ2v) is 12.8. The van der Waals surface area contributed by atoms with E-state index in [1.165, 1.54) is 0 Å². The number of aryl methyl sites for hydroxylation is 2. The standard InChI is InChI=1S/C37H51N7O5/c1-22-16-28(45)17-23(2)30(22)19-27(21-33(46)31(39)12-7-15-43-37(41)42)36(49)44-32(13-6-14-38)34(47)20-26(35(40)48)18-25-10-5-9-24-8-3-4-11-29(24)25/h3-5,8-11,16-17,26-27,31-32,45H,6-7,12-15,18-21,38-39H2,1-2H3,(H2,40,48)(H,44,49)(H4,41,42,43)/t26-,27-,31-,32+/m1/s1. The van der Waals surface area contributed by atoms with E-state index in [9.17, 15) is 24.3 Å². The van der Waals surface area contributed by atoms with Gasteiger partial charge in [0.25, 0.3) is 0 Å². The predicted molar refractivity (Wildman–Crippen MR) is 192 cm³/mol. The number of aromatic hydroxyl groups is 1. The highest BCUT2D eigenvalue weighted by Gasteiger charge is 2.31. The molecule has 0 bridgehead atoms. The summed E-state index contributed by atoms with van der Waals surface area (Å²) in [6.45, 7) is 4.25. The Labute approximate surface area is 287 Å². The van der Waals surface area contributed by atoms with Gasteiger partial charge in [0, 0.05) is 31.2 Å². The number of nitrogens with two attached hydrogens (primary N) is 5. The molecule has 264 valence electrons. The van der Waals surface area contributed by atoms with E-state index in [-0.39, 0.29) is 61.9 Å². The van der Waals surface area contributed by atoms with Crippen molar-refractivity contribution in [1.29, 1.82) is 0 Å². The van der Waals surface area contributed by atoms with Crippen molar-refractivity contribution in [2.24, 2.45) is 45.5 Å². The first-order valence-electron chi connectivity index (χ1n) is 16.7. The number of nitrogens with zero attached hydrogens (tertiary/aromatic N) is 1. The van der Waals surface area contributed by atoms with E-state index in [4.69, 9.17) is 28.7 Å². The van der Waals surface area contributed by atoms with Gasteiger partial charge in [-0.1, -0.05) is 42.5 Å². The second kappa shape index (κ2) is 18.7. The number of Topliss-reactive ketones (excluding diaryl/α,β-unsaturated/α-hetero) is 2. The molecule has 0 spiro atoms. The summed E-state index contributed by atoms with van der Waals surface area (Å²) in [4.78, 5) is 57.6. The molecule has 4 atom stereocenters. The van der Waals surface area contributed by atoms with Crippen LogP contribution in [0.5, 0.6) is 5.75 Å². The minimum Gasteiger partial charge on any atom is -0.508 e. The molecule has 0 aliphatic carbocycles. The van der Waals surface area contributed by atoms with Gasteiger partial charge in [0.1, 0.15) is 11.5 Å². The van der Waals surface area contributed by atoms with Crippen LogP contribution in [0, 0.1) is 25.7 Å². The van der Waals surface area contributed by atoms with Crippen molar-refractivity contribution in [3.8, 4) is 5.75 Å². The number of aliphatic imine (C=N–C) groups is 1. The topological polar surface area (TPSA) is 243 Å². The third-order valence-corrected chi connectivity index (χ3v) is 8.93. The van der Waals surface area contributed by atoms with Gasteiger partial charge < -0.3 is 39.1 Å². The first-order chi connectivity index (χ1) is 23.3.